The zero-order valence-electron chi connectivity index (χ0n) is 15.9. The lowest BCUT2D eigenvalue weighted by Crippen LogP contribution is -2.46. The van der Waals surface area contributed by atoms with Crippen LogP contribution < -0.4 is 4.90 Å². The first kappa shape index (κ1) is 17.6. The molecular formula is C22H30FN3. The van der Waals surface area contributed by atoms with Crippen LogP contribution in [0.4, 0.5) is 10.1 Å². The molecule has 1 aromatic heterocycles. The summed E-state index contributed by atoms with van der Waals surface area (Å²) in [6.45, 7) is 5.45. The van der Waals surface area contributed by atoms with Gasteiger partial charge in [-0.2, -0.15) is 0 Å². The molecule has 1 aliphatic heterocycles. The van der Waals surface area contributed by atoms with Crippen molar-refractivity contribution < 1.29 is 4.39 Å². The van der Waals surface area contributed by atoms with Gasteiger partial charge in [0, 0.05) is 50.8 Å². The zero-order chi connectivity index (χ0) is 17.9. The lowest BCUT2D eigenvalue weighted by Gasteiger charge is -2.36. The van der Waals surface area contributed by atoms with E-state index in [1.54, 1.807) is 29.0 Å². The van der Waals surface area contributed by atoms with E-state index in [4.69, 9.17) is 0 Å². The molecular weight excluding hydrogens is 325 g/mol. The summed E-state index contributed by atoms with van der Waals surface area (Å²) in [5.74, 6) is -0.157. The first-order valence-electron chi connectivity index (χ1n) is 10.1. The van der Waals surface area contributed by atoms with Gasteiger partial charge in [0.25, 0.3) is 0 Å². The van der Waals surface area contributed by atoms with E-state index >= 15 is 0 Å². The molecule has 4 heteroatoms. The average molecular weight is 356 g/mol. The highest BCUT2D eigenvalue weighted by molar-refractivity contribution is 5.46. The normalized spacial score (nSPS) is 18.2. The number of piperazine rings is 1. The lowest BCUT2D eigenvalue weighted by atomic mass is 9.93. The van der Waals surface area contributed by atoms with Gasteiger partial charge in [0.15, 0.2) is 0 Å². The first-order chi connectivity index (χ1) is 12.7. The molecule has 0 amide bonds. The van der Waals surface area contributed by atoms with E-state index in [1.807, 2.05) is 12.1 Å². The maximum Gasteiger partial charge on any atom is 0.123 e. The Balaban J connectivity index is 1.25. The van der Waals surface area contributed by atoms with E-state index in [2.05, 4.69) is 27.6 Å². The van der Waals surface area contributed by atoms with Crippen molar-refractivity contribution in [2.24, 2.45) is 7.05 Å². The molecule has 0 saturated carbocycles. The second kappa shape index (κ2) is 7.83. The fraction of sp³-hybridized carbons (Fsp3) is 0.545. The van der Waals surface area contributed by atoms with E-state index < -0.39 is 0 Å². The molecule has 0 radical (unpaired) electrons. The number of rotatable bonds is 5. The third-order valence-corrected chi connectivity index (χ3v) is 6.09. The van der Waals surface area contributed by atoms with Gasteiger partial charge in [0.2, 0.25) is 0 Å². The summed E-state index contributed by atoms with van der Waals surface area (Å²) in [4.78, 5) is 4.94. The molecule has 0 atom stereocenters. The molecule has 1 saturated heterocycles. The van der Waals surface area contributed by atoms with Gasteiger partial charge in [-0.25, -0.2) is 4.39 Å². The number of benzene rings is 1. The highest BCUT2D eigenvalue weighted by Gasteiger charge is 2.19. The third kappa shape index (κ3) is 3.80. The van der Waals surface area contributed by atoms with Crippen LogP contribution >= 0.6 is 0 Å². The molecule has 0 spiro atoms. The minimum atomic E-state index is -0.157. The van der Waals surface area contributed by atoms with Gasteiger partial charge in [0.05, 0.1) is 0 Å². The average Bonchev–Trinajstić information content (AvgIpc) is 2.99. The maximum absolute atomic E-state index is 13.1. The molecule has 0 N–H and O–H groups in total. The predicted molar refractivity (Wildman–Crippen MR) is 105 cm³/mol. The molecule has 140 valence electrons. The van der Waals surface area contributed by atoms with Gasteiger partial charge >= 0.3 is 0 Å². The number of aromatic nitrogens is 1. The second-order valence-electron chi connectivity index (χ2n) is 7.81. The molecule has 3 nitrogen and oxygen atoms in total. The smallest absolute Gasteiger partial charge is 0.123 e. The summed E-state index contributed by atoms with van der Waals surface area (Å²) in [6, 6.07) is 6.90. The Labute approximate surface area is 156 Å². The highest BCUT2D eigenvalue weighted by atomic mass is 19.1. The Morgan fingerprint density at radius 2 is 1.69 bits per heavy atom. The van der Waals surface area contributed by atoms with Crippen LogP contribution in [0.3, 0.4) is 0 Å². The quantitative estimate of drug-likeness (QED) is 0.808. The van der Waals surface area contributed by atoms with Crippen LogP contribution in [0, 0.1) is 5.82 Å². The summed E-state index contributed by atoms with van der Waals surface area (Å²) in [6.07, 6.45) is 10.1. The van der Waals surface area contributed by atoms with Crippen molar-refractivity contribution in [1.29, 1.82) is 0 Å². The van der Waals surface area contributed by atoms with Crippen LogP contribution in [0.1, 0.15) is 36.1 Å². The molecule has 4 rings (SSSR count). The molecule has 2 aromatic rings. The van der Waals surface area contributed by atoms with Crippen LogP contribution in [0.2, 0.25) is 0 Å². The molecule has 2 aliphatic rings. The monoisotopic (exact) mass is 355 g/mol. The lowest BCUT2D eigenvalue weighted by molar-refractivity contribution is 0.255. The molecule has 0 bridgehead atoms. The molecule has 0 unspecified atom stereocenters. The van der Waals surface area contributed by atoms with Gasteiger partial charge in [-0.05, 0) is 80.5 Å². The van der Waals surface area contributed by atoms with Gasteiger partial charge in [-0.15, -0.1) is 0 Å². The Bertz CT molecular complexity index is 727. The van der Waals surface area contributed by atoms with E-state index in [0.29, 0.717) is 0 Å². The minimum Gasteiger partial charge on any atom is -0.369 e. The Morgan fingerprint density at radius 3 is 2.46 bits per heavy atom. The molecule has 1 fully saturated rings. The van der Waals surface area contributed by atoms with Crippen molar-refractivity contribution in [1.82, 2.24) is 9.47 Å². The number of hydrogen-bond donors (Lipinski definition) is 0. The van der Waals surface area contributed by atoms with Crippen molar-refractivity contribution in [2.75, 3.05) is 37.6 Å². The van der Waals surface area contributed by atoms with Crippen molar-refractivity contribution in [3.05, 3.63) is 53.1 Å². The Morgan fingerprint density at radius 1 is 0.962 bits per heavy atom. The summed E-state index contributed by atoms with van der Waals surface area (Å²) < 4.78 is 15.4. The second-order valence-corrected chi connectivity index (χ2v) is 7.81. The zero-order valence-corrected chi connectivity index (χ0v) is 15.9. The van der Waals surface area contributed by atoms with Gasteiger partial charge in [0.1, 0.15) is 5.82 Å². The number of nitrogens with zero attached hydrogens (tertiary/aromatic N) is 3. The van der Waals surface area contributed by atoms with Crippen LogP contribution in [0.15, 0.2) is 30.5 Å². The van der Waals surface area contributed by atoms with Crippen LogP contribution in [-0.4, -0.2) is 42.2 Å². The van der Waals surface area contributed by atoms with E-state index in [-0.39, 0.29) is 5.82 Å². The fourth-order valence-corrected chi connectivity index (χ4v) is 4.60. The number of fused-ring (bicyclic) bond motifs is 1. The van der Waals surface area contributed by atoms with Crippen molar-refractivity contribution >= 4 is 5.69 Å². The fourth-order valence-electron chi connectivity index (χ4n) is 4.60. The van der Waals surface area contributed by atoms with E-state index in [9.17, 15) is 4.39 Å². The van der Waals surface area contributed by atoms with Crippen LogP contribution in [0.5, 0.6) is 0 Å². The largest absolute Gasteiger partial charge is 0.369 e. The maximum atomic E-state index is 13.1. The van der Waals surface area contributed by atoms with Crippen molar-refractivity contribution in [2.45, 2.75) is 38.5 Å². The number of aryl methyl sites for hydroxylation is 2. The number of anilines is 1. The molecule has 2 heterocycles. The third-order valence-electron chi connectivity index (χ3n) is 6.09. The standard InChI is InChI=1S/C22H30FN3/c1-24-17-18(21-6-2-3-7-22(21)24)5-4-12-25-13-15-26(16-14-25)20-10-8-19(23)9-11-20/h8-11,17H,2-7,12-16H2,1H3. The van der Waals surface area contributed by atoms with E-state index in [0.717, 1.165) is 31.9 Å². The Hall–Kier alpha value is -1.81. The Kier molecular flexibility index (Phi) is 5.30. The minimum absolute atomic E-state index is 0.157. The summed E-state index contributed by atoms with van der Waals surface area (Å²) in [5, 5.41) is 0. The first-order valence-corrected chi connectivity index (χ1v) is 10.1. The van der Waals surface area contributed by atoms with E-state index in [1.165, 1.54) is 45.1 Å². The molecule has 26 heavy (non-hydrogen) atoms. The van der Waals surface area contributed by atoms with Crippen LogP contribution in [0.25, 0.3) is 0 Å². The number of hydrogen-bond acceptors (Lipinski definition) is 2. The van der Waals surface area contributed by atoms with Gasteiger partial charge in [-0.1, -0.05) is 0 Å². The molecule has 1 aromatic carbocycles. The van der Waals surface area contributed by atoms with Gasteiger partial charge < -0.3 is 9.47 Å². The SMILES string of the molecule is Cn1cc(CCCN2CCN(c3ccc(F)cc3)CC2)c2c1CCCC2. The summed E-state index contributed by atoms with van der Waals surface area (Å²) in [5.41, 5.74) is 5.97. The summed E-state index contributed by atoms with van der Waals surface area (Å²) in [7, 11) is 2.21. The highest BCUT2D eigenvalue weighted by Crippen LogP contribution is 2.26. The van der Waals surface area contributed by atoms with Crippen molar-refractivity contribution in [3.63, 3.8) is 0 Å². The predicted octanol–water partition coefficient (Wildman–Crippen LogP) is 3.80. The van der Waals surface area contributed by atoms with Crippen LogP contribution in [-0.2, 0) is 26.3 Å². The number of halogens is 1. The topological polar surface area (TPSA) is 11.4 Å². The van der Waals surface area contributed by atoms with Gasteiger partial charge in [-0.3, -0.25) is 4.90 Å². The van der Waals surface area contributed by atoms with Crippen molar-refractivity contribution in [3.8, 4) is 0 Å². The molecule has 1 aliphatic carbocycles. The summed E-state index contributed by atoms with van der Waals surface area (Å²) >= 11 is 0.